The molecule has 80 valence electrons. The highest BCUT2D eigenvalue weighted by molar-refractivity contribution is 9.10. The highest BCUT2D eigenvalue weighted by Gasteiger charge is 2.09. The van der Waals surface area contributed by atoms with Crippen molar-refractivity contribution >= 4 is 38.6 Å². The first-order valence-corrected chi connectivity index (χ1v) is 7.31. The summed E-state index contributed by atoms with van der Waals surface area (Å²) in [6.07, 6.45) is 1.04. The minimum Gasteiger partial charge on any atom is -0.483 e. The zero-order chi connectivity index (χ0) is 10.7. The first-order valence-electron chi connectivity index (χ1n) is 4.76. The summed E-state index contributed by atoms with van der Waals surface area (Å²) in [5.74, 6) is 0. The average Bonchev–Trinajstić information content (AvgIpc) is 2.83. The van der Waals surface area contributed by atoms with Crippen molar-refractivity contribution in [2.24, 2.45) is 0 Å². The van der Waals surface area contributed by atoms with Gasteiger partial charge in [0.05, 0.1) is 11.1 Å². The molecule has 0 unspecified atom stereocenters. The predicted molar refractivity (Wildman–Crippen MR) is 71.1 cm³/mol. The number of hydrogen-bond donors (Lipinski definition) is 0. The molecule has 0 N–H and O–H groups in total. The van der Waals surface area contributed by atoms with E-state index in [4.69, 9.17) is 4.74 Å². The maximum Gasteiger partial charge on any atom is 0.188 e. The van der Waals surface area contributed by atoms with Crippen molar-refractivity contribution < 1.29 is 4.74 Å². The summed E-state index contributed by atoms with van der Waals surface area (Å²) in [6, 6.07) is 4.25. The molecule has 2 aromatic heterocycles. The van der Waals surface area contributed by atoms with E-state index in [2.05, 4.69) is 45.7 Å². The lowest BCUT2D eigenvalue weighted by molar-refractivity contribution is 0.325. The van der Waals surface area contributed by atoms with E-state index in [1.165, 1.54) is 10.4 Å². The maximum absolute atomic E-state index is 5.64. The summed E-state index contributed by atoms with van der Waals surface area (Å²) in [6.45, 7) is 2.89. The Morgan fingerprint density at radius 2 is 2.33 bits per heavy atom. The van der Waals surface area contributed by atoms with Gasteiger partial charge in [0, 0.05) is 10.4 Å². The van der Waals surface area contributed by atoms with Crippen molar-refractivity contribution in [3.05, 3.63) is 27.4 Å². The van der Waals surface area contributed by atoms with Crippen molar-refractivity contribution in [3.8, 4) is 15.5 Å². The van der Waals surface area contributed by atoms with Crippen LogP contribution in [0.1, 0.15) is 13.3 Å². The standard InChI is InChI=1S/C11H11BrOS2/c1-2-4-13-11-9(12)6-10(15-11)8-3-5-14-7-8/h3,5-7H,2,4H2,1H3. The molecule has 4 heteroatoms. The quantitative estimate of drug-likeness (QED) is 0.770. The maximum atomic E-state index is 5.64. The Hall–Kier alpha value is -0.320. The molecule has 0 fully saturated rings. The average molecular weight is 303 g/mol. The van der Waals surface area contributed by atoms with Gasteiger partial charge in [0.2, 0.25) is 0 Å². The molecule has 0 aliphatic carbocycles. The lowest BCUT2D eigenvalue weighted by atomic mass is 10.3. The Balaban J connectivity index is 2.21. The minimum atomic E-state index is 0.780. The van der Waals surface area contributed by atoms with Gasteiger partial charge in [-0.05, 0) is 45.2 Å². The molecule has 0 bridgehead atoms. The second-order valence-electron chi connectivity index (χ2n) is 3.11. The van der Waals surface area contributed by atoms with Gasteiger partial charge in [0.1, 0.15) is 0 Å². The van der Waals surface area contributed by atoms with Gasteiger partial charge in [-0.25, -0.2) is 0 Å². The van der Waals surface area contributed by atoms with Gasteiger partial charge in [0.25, 0.3) is 0 Å². The molecule has 2 heterocycles. The van der Waals surface area contributed by atoms with E-state index in [1.54, 1.807) is 22.7 Å². The van der Waals surface area contributed by atoms with E-state index in [-0.39, 0.29) is 0 Å². The molecule has 0 aliphatic rings. The van der Waals surface area contributed by atoms with Crippen LogP contribution in [0.3, 0.4) is 0 Å². The smallest absolute Gasteiger partial charge is 0.188 e. The Morgan fingerprint density at radius 1 is 1.47 bits per heavy atom. The largest absolute Gasteiger partial charge is 0.483 e. The number of ether oxygens (including phenoxy) is 1. The Bertz CT molecular complexity index is 420. The number of thiophene rings is 2. The first kappa shape index (κ1) is 11.2. The van der Waals surface area contributed by atoms with Crippen LogP contribution in [0.5, 0.6) is 5.06 Å². The summed E-state index contributed by atoms with van der Waals surface area (Å²) in [5.41, 5.74) is 1.28. The third-order valence-electron chi connectivity index (χ3n) is 1.90. The van der Waals surface area contributed by atoms with Crippen molar-refractivity contribution in [1.82, 2.24) is 0 Å². The van der Waals surface area contributed by atoms with E-state index in [9.17, 15) is 0 Å². The van der Waals surface area contributed by atoms with E-state index in [0.29, 0.717) is 0 Å². The molecule has 0 radical (unpaired) electrons. The molecule has 2 aromatic rings. The summed E-state index contributed by atoms with van der Waals surface area (Å²) in [7, 11) is 0. The molecule has 0 saturated heterocycles. The van der Waals surface area contributed by atoms with Gasteiger partial charge in [-0.3, -0.25) is 0 Å². The SMILES string of the molecule is CCCOc1sc(-c2ccsc2)cc1Br. The van der Waals surface area contributed by atoms with Crippen LogP contribution >= 0.6 is 38.6 Å². The number of halogens is 1. The van der Waals surface area contributed by atoms with Crippen LogP contribution in [0.4, 0.5) is 0 Å². The molecule has 0 atom stereocenters. The number of hydrogen-bond acceptors (Lipinski definition) is 3. The van der Waals surface area contributed by atoms with Crippen LogP contribution in [0, 0.1) is 0 Å². The molecular weight excluding hydrogens is 292 g/mol. The monoisotopic (exact) mass is 302 g/mol. The van der Waals surface area contributed by atoms with Gasteiger partial charge < -0.3 is 4.74 Å². The fourth-order valence-corrected chi connectivity index (χ4v) is 3.58. The zero-order valence-corrected chi connectivity index (χ0v) is 11.5. The van der Waals surface area contributed by atoms with Crippen LogP contribution in [0.15, 0.2) is 27.4 Å². The molecule has 0 saturated carbocycles. The van der Waals surface area contributed by atoms with Gasteiger partial charge >= 0.3 is 0 Å². The third kappa shape index (κ3) is 2.62. The molecule has 0 amide bonds. The second-order valence-corrected chi connectivity index (χ2v) is 5.76. The summed E-state index contributed by atoms with van der Waals surface area (Å²) < 4.78 is 6.70. The number of rotatable bonds is 4. The van der Waals surface area contributed by atoms with Crippen LogP contribution in [-0.4, -0.2) is 6.61 Å². The molecule has 1 nitrogen and oxygen atoms in total. The Kier molecular flexibility index (Phi) is 3.83. The Labute approximate surface area is 106 Å². The van der Waals surface area contributed by atoms with Gasteiger partial charge in [0.15, 0.2) is 5.06 Å². The summed E-state index contributed by atoms with van der Waals surface area (Å²) in [5, 5.41) is 5.23. The second kappa shape index (κ2) is 5.14. The van der Waals surface area contributed by atoms with Crippen molar-refractivity contribution in [2.45, 2.75) is 13.3 Å². The van der Waals surface area contributed by atoms with Gasteiger partial charge in [-0.2, -0.15) is 11.3 Å². The van der Waals surface area contributed by atoms with Crippen LogP contribution in [0.2, 0.25) is 0 Å². The van der Waals surface area contributed by atoms with Crippen LogP contribution in [0.25, 0.3) is 10.4 Å². The van der Waals surface area contributed by atoms with E-state index >= 15 is 0 Å². The van der Waals surface area contributed by atoms with E-state index in [0.717, 1.165) is 22.6 Å². The highest BCUT2D eigenvalue weighted by atomic mass is 79.9. The van der Waals surface area contributed by atoms with Crippen LogP contribution < -0.4 is 4.74 Å². The highest BCUT2D eigenvalue weighted by Crippen LogP contribution is 2.40. The zero-order valence-electron chi connectivity index (χ0n) is 8.33. The minimum absolute atomic E-state index is 0.780. The molecular formula is C11H11BrOS2. The molecule has 0 aliphatic heterocycles. The fraction of sp³-hybridized carbons (Fsp3) is 0.273. The molecule has 2 rings (SSSR count). The van der Waals surface area contributed by atoms with Gasteiger partial charge in [-0.15, -0.1) is 0 Å². The van der Waals surface area contributed by atoms with Crippen LogP contribution in [-0.2, 0) is 0 Å². The van der Waals surface area contributed by atoms with Gasteiger partial charge in [-0.1, -0.05) is 18.3 Å². The molecule has 15 heavy (non-hydrogen) atoms. The fourth-order valence-electron chi connectivity index (χ4n) is 1.19. The summed E-state index contributed by atoms with van der Waals surface area (Å²) in [4.78, 5) is 1.26. The third-order valence-corrected chi connectivity index (χ3v) is 4.53. The van der Waals surface area contributed by atoms with E-state index < -0.39 is 0 Å². The van der Waals surface area contributed by atoms with Crippen molar-refractivity contribution in [2.75, 3.05) is 6.61 Å². The van der Waals surface area contributed by atoms with E-state index in [1.807, 2.05) is 0 Å². The lowest BCUT2D eigenvalue weighted by Gasteiger charge is -2.00. The predicted octanol–water partition coefficient (Wildman–Crippen LogP) is 5.03. The lowest BCUT2D eigenvalue weighted by Crippen LogP contribution is -1.92. The molecule has 0 spiro atoms. The first-order chi connectivity index (χ1) is 7.31. The summed E-state index contributed by atoms with van der Waals surface area (Å²) >= 11 is 6.93. The molecule has 0 aromatic carbocycles. The Morgan fingerprint density at radius 3 is 3.00 bits per heavy atom. The van der Waals surface area contributed by atoms with Crippen molar-refractivity contribution in [1.29, 1.82) is 0 Å². The van der Waals surface area contributed by atoms with Crippen molar-refractivity contribution in [3.63, 3.8) is 0 Å². The normalized spacial score (nSPS) is 10.5. The topological polar surface area (TPSA) is 9.23 Å².